The number of nitriles is 1. The van der Waals surface area contributed by atoms with Gasteiger partial charge in [0.25, 0.3) is 5.70 Å². The van der Waals surface area contributed by atoms with Crippen molar-refractivity contribution in [1.82, 2.24) is 0 Å². The molecule has 2 aromatic carbocycles. The number of carbonyl (C=O) groups is 1. The zero-order valence-electron chi connectivity index (χ0n) is 10.4. The van der Waals surface area contributed by atoms with Crippen LogP contribution in [0.15, 0.2) is 54.2 Å². The van der Waals surface area contributed by atoms with E-state index in [1.54, 1.807) is 24.3 Å². The Morgan fingerprint density at radius 3 is 2.00 bits per heavy atom. The normalized spacial score (nSPS) is 14.6. The fourth-order valence-corrected chi connectivity index (χ4v) is 2.48. The van der Waals surface area contributed by atoms with Crippen LogP contribution in [0.5, 0.6) is 0 Å². The van der Waals surface area contributed by atoms with Crippen LogP contribution in [0.2, 0.25) is 0 Å². The Labute approximate surface area is 116 Å². The molecule has 92 valence electrons. The van der Waals surface area contributed by atoms with Crippen LogP contribution in [-0.2, 0) is 0 Å². The topological polar surface area (TPSA) is 45.2 Å². The summed E-state index contributed by atoms with van der Waals surface area (Å²) in [5.74, 6) is -0.258. The zero-order valence-corrected chi connectivity index (χ0v) is 10.4. The number of nitrogens with zero attached hydrogens (tertiary/aromatic N) is 2. The van der Waals surface area contributed by atoms with E-state index >= 15 is 0 Å². The summed E-state index contributed by atoms with van der Waals surface area (Å²) in [6.07, 6.45) is 0. The number of rotatable bonds is 0. The number of hydrogen-bond acceptors (Lipinski definition) is 2. The quantitative estimate of drug-likeness (QED) is 0.410. The van der Waals surface area contributed by atoms with E-state index < -0.39 is 0 Å². The van der Waals surface area contributed by atoms with Gasteiger partial charge in [-0.2, -0.15) is 0 Å². The molecule has 0 fully saturated rings. The first kappa shape index (κ1) is 11.9. The van der Waals surface area contributed by atoms with Gasteiger partial charge in [-0.1, -0.05) is 48.5 Å². The summed E-state index contributed by atoms with van der Waals surface area (Å²) < 4.78 is 0. The lowest BCUT2D eigenvalue weighted by Gasteiger charge is -2.21. The summed E-state index contributed by atoms with van der Waals surface area (Å²) in [4.78, 5) is 15.8. The van der Waals surface area contributed by atoms with Crippen LogP contribution in [0.25, 0.3) is 21.5 Å². The second-order valence-electron chi connectivity index (χ2n) is 4.37. The molecular weight excluding hydrogens is 248 g/mol. The van der Waals surface area contributed by atoms with Crippen LogP contribution in [-0.4, -0.2) is 5.78 Å². The number of allylic oxidation sites excluding steroid dienone is 2. The fourth-order valence-electron chi connectivity index (χ4n) is 2.48. The van der Waals surface area contributed by atoms with Crippen molar-refractivity contribution >= 4 is 11.4 Å². The molecule has 0 heterocycles. The van der Waals surface area contributed by atoms with Gasteiger partial charge in [-0.25, -0.2) is 10.1 Å². The highest BCUT2D eigenvalue weighted by Gasteiger charge is 2.29. The van der Waals surface area contributed by atoms with E-state index in [9.17, 15) is 4.79 Å². The molecule has 0 spiro atoms. The summed E-state index contributed by atoms with van der Waals surface area (Å²) in [5, 5.41) is 9.10. The highest BCUT2D eigenvalue weighted by molar-refractivity contribution is 6.35. The van der Waals surface area contributed by atoms with Crippen LogP contribution >= 0.6 is 0 Å². The second kappa shape index (κ2) is 4.50. The fraction of sp³-hybridized carbons (Fsp3) is 0. The minimum absolute atomic E-state index is 0.156. The molecular formula is C17H8N2O. The van der Waals surface area contributed by atoms with Gasteiger partial charge < -0.3 is 0 Å². The minimum Gasteiger partial charge on any atom is -0.290 e. The van der Waals surface area contributed by atoms with Crippen LogP contribution in [0.4, 0.5) is 0 Å². The summed E-state index contributed by atoms with van der Waals surface area (Å²) in [6, 6.07) is 16.5. The molecule has 20 heavy (non-hydrogen) atoms. The summed E-state index contributed by atoms with van der Waals surface area (Å²) >= 11 is 0. The third-order valence-corrected chi connectivity index (χ3v) is 3.34. The highest BCUT2D eigenvalue weighted by atomic mass is 16.1. The average molecular weight is 256 g/mol. The largest absolute Gasteiger partial charge is 0.290 e. The Morgan fingerprint density at radius 2 is 1.45 bits per heavy atom. The maximum Gasteiger partial charge on any atom is 0.273 e. The van der Waals surface area contributed by atoms with Gasteiger partial charge in [0.15, 0.2) is 5.78 Å². The third kappa shape index (κ3) is 1.55. The Hall–Kier alpha value is -3.17. The van der Waals surface area contributed by atoms with E-state index in [0.717, 1.165) is 11.1 Å². The zero-order chi connectivity index (χ0) is 14.1. The predicted molar refractivity (Wildman–Crippen MR) is 75.3 cm³/mol. The molecule has 1 aliphatic rings. The average Bonchev–Trinajstić information content (AvgIpc) is 2.51. The lowest BCUT2D eigenvalue weighted by atomic mass is 9.81. The van der Waals surface area contributed by atoms with Crippen molar-refractivity contribution in [2.45, 2.75) is 0 Å². The van der Waals surface area contributed by atoms with Gasteiger partial charge in [-0.3, -0.25) is 4.79 Å². The minimum atomic E-state index is -0.258. The molecule has 0 aliphatic heterocycles. The van der Waals surface area contributed by atoms with Crippen molar-refractivity contribution in [1.29, 1.82) is 5.26 Å². The van der Waals surface area contributed by atoms with Gasteiger partial charge in [-0.05, 0) is 16.7 Å². The van der Waals surface area contributed by atoms with Gasteiger partial charge in [0, 0.05) is 11.1 Å². The molecule has 0 amide bonds. The lowest BCUT2D eigenvalue weighted by molar-refractivity contribution is 0.105. The Kier molecular flexibility index (Phi) is 2.67. The van der Waals surface area contributed by atoms with E-state index in [1.807, 2.05) is 30.3 Å². The molecule has 3 rings (SSSR count). The number of hydrogen-bond donors (Lipinski definition) is 0. The number of benzene rings is 2. The standard InChI is InChI=1S/C17H8N2O/c1-19-15(10-18)16-13-8-4-2-6-11(13)12-7-3-5-9-14(12)17(16)20/h2-9H. The van der Waals surface area contributed by atoms with Gasteiger partial charge in [-0.15, -0.1) is 0 Å². The van der Waals surface area contributed by atoms with E-state index in [0.29, 0.717) is 11.1 Å². The van der Waals surface area contributed by atoms with Gasteiger partial charge >= 0.3 is 0 Å². The molecule has 0 radical (unpaired) electrons. The van der Waals surface area contributed by atoms with E-state index in [1.165, 1.54) is 0 Å². The Bertz CT molecular complexity index is 832. The highest BCUT2D eigenvalue weighted by Crippen LogP contribution is 2.40. The first-order valence-electron chi connectivity index (χ1n) is 6.03. The smallest absolute Gasteiger partial charge is 0.273 e. The molecule has 0 N–H and O–H groups in total. The van der Waals surface area contributed by atoms with E-state index in [-0.39, 0.29) is 17.1 Å². The molecule has 3 heteroatoms. The van der Waals surface area contributed by atoms with Crippen molar-refractivity contribution in [3.8, 4) is 17.2 Å². The van der Waals surface area contributed by atoms with Crippen LogP contribution in [0, 0.1) is 17.9 Å². The molecule has 1 aliphatic carbocycles. The van der Waals surface area contributed by atoms with E-state index in [2.05, 4.69) is 4.85 Å². The van der Waals surface area contributed by atoms with Crippen LogP contribution in [0.3, 0.4) is 0 Å². The Morgan fingerprint density at radius 1 is 0.950 bits per heavy atom. The molecule has 0 aromatic heterocycles. The summed E-state index contributed by atoms with van der Waals surface area (Å²) in [6.45, 7) is 7.10. The summed E-state index contributed by atoms with van der Waals surface area (Å²) in [7, 11) is 0. The monoisotopic (exact) mass is 256 g/mol. The SMILES string of the molecule is [C-]#[N+]C(C#N)=C1C(=O)c2ccccc2-c2ccccc21. The second-order valence-corrected chi connectivity index (χ2v) is 4.37. The Balaban J connectivity index is 2.46. The molecule has 2 aromatic rings. The molecule has 0 atom stereocenters. The van der Waals surface area contributed by atoms with Gasteiger partial charge in [0.2, 0.25) is 0 Å². The lowest BCUT2D eigenvalue weighted by Crippen LogP contribution is -2.12. The van der Waals surface area contributed by atoms with Crippen molar-refractivity contribution in [3.05, 3.63) is 76.8 Å². The van der Waals surface area contributed by atoms with Crippen molar-refractivity contribution in [2.24, 2.45) is 0 Å². The maximum absolute atomic E-state index is 12.6. The number of carbonyl (C=O) groups excluding carboxylic acids is 1. The molecule has 0 saturated heterocycles. The van der Waals surface area contributed by atoms with Crippen molar-refractivity contribution in [2.75, 3.05) is 0 Å². The predicted octanol–water partition coefficient (Wildman–Crippen LogP) is 3.70. The van der Waals surface area contributed by atoms with Crippen LogP contribution < -0.4 is 0 Å². The van der Waals surface area contributed by atoms with Crippen molar-refractivity contribution in [3.63, 3.8) is 0 Å². The van der Waals surface area contributed by atoms with Gasteiger partial charge in [0.05, 0.1) is 12.6 Å². The van der Waals surface area contributed by atoms with Gasteiger partial charge in [0.1, 0.15) is 0 Å². The number of Topliss-reactive ketones (excluding diaryl/α,β-unsaturated/α-hetero) is 1. The number of ketones is 1. The van der Waals surface area contributed by atoms with E-state index in [4.69, 9.17) is 11.8 Å². The molecule has 3 nitrogen and oxygen atoms in total. The molecule has 0 saturated carbocycles. The molecule has 0 unspecified atom stereocenters. The number of fused-ring (bicyclic) bond motifs is 3. The summed E-state index contributed by atoms with van der Waals surface area (Å²) in [5.41, 5.74) is 2.98. The maximum atomic E-state index is 12.6. The van der Waals surface area contributed by atoms with Crippen LogP contribution in [0.1, 0.15) is 15.9 Å². The first-order chi connectivity index (χ1) is 9.77. The first-order valence-corrected chi connectivity index (χ1v) is 6.03. The third-order valence-electron chi connectivity index (χ3n) is 3.34. The molecule has 0 bridgehead atoms. The van der Waals surface area contributed by atoms with Crippen molar-refractivity contribution < 1.29 is 4.79 Å².